The first-order chi connectivity index (χ1) is 7.66. The number of hydrogen-bond donors (Lipinski definition) is 3. The lowest BCUT2D eigenvalue weighted by molar-refractivity contribution is 0.190. The van der Waals surface area contributed by atoms with E-state index in [2.05, 4.69) is 10.6 Å². The van der Waals surface area contributed by atoms with Crippen LogP contribution in [0.15, 0.2) is 18.2 Å². The molecule has 0 unspecified atom stereocenters. The second-order valence-corrected chi connectivity index (χ2v) is 3.79. The maximum absolute atomic E-state index is 11.4. The minimum Gasteiger partial charge on any atom is -0.508 e. The molecule has 3 N–H and O–H groups in total. The molecular formula is C11H14N2O3. The van der Waals surface area contributed by atoms with Crippen LogP contribution in [0.2, 0.25) is 0 Å². The Morgan fingerprint density at radius 2 is 2.31 bits per heavy atom. The van der Waals surface area contributed by atoms with Crippen molar-refractivity contribution in [3.05, 3.63) is 23.8 Å². The van der Waals surface area contributed by atoms with Crippen molar-refractivity contribution in [2.45, 2.75) is 13.0 Å². The first kappa shape index (κ1) is 10.8. The molecule has 0 bridgehead atoms. The molecule has 5 heteroatoms. The molecule has 1 aromatic carbocycles. The van der Waals surface area contributed by atoms with Crippen LogP contribution in [0.1, 0.15) is 5.56 Å². The second kappa shape index (κ2) is 4.40. The number of nitrogens with one attached hydrogen (secondary N) is 2. The molecule has 1 heterocycles. The highest BCUT2D eigenvalue weighted by Crippen LogP contribution is 2.25. The predicted molar refractivity (Wildman–Crippen MR) is 58.7 cm³/mol. The average Bonchev–Trinajstić information content (AvgIpc) is 2.19. The molecule has 2 rings (SSSR count). The van der Waals surface area contributed by atoms with E-state index >= 15 is 0 Å². The summed E-state index contributed by atoms with van der Waals surface area (Å²) in [6.45, 7) is 3.24. The van der Waals surface area contributed by atoms with Gasteiger partial charge in [0, 0.05) is 18.7 Å². The predicted octanol–water partition coefficient (Wildman–Crippen LogP) is 0.761. The Balaban J connectivity index is 1.97. The third-order valence-corrected chi connectivity index (χ3v) is 2.56. The third kappa shape index (κ3) is 2.25. The average molecular weight is 222 g/mol. The fourth-order valence-corrected chi connectivity index (χ4v) is 1.40. The maximum atomic E-state index is 11.4. The fraction of sp³-hybridized carbons (Fsp3) is 0.364. The Hall–Kier alpha value is -1.75. The molecule has 16 heavy (non-hydrogen) atoms. The topological polar surface area (TPSA) is 70.6 Å². The summed E-state index contributed by atoms with van der Waals surface area (Å²) in [6.07, 6.45) is -0.486. The van der Waals surface area contributed by atoms with E-state index in [0.717, 1.165) is 13.1 Å². The van der Waals surface area contributed by atoms with Crippen molar-refractivity contribution in [1.82, 2.24) is 10.6 Å². The quantitative estimate of drug-likeness (QED) is 0.691. The van der Waals surface area contributed by atoms with Crippen LogP contribution in [-0.2, 0) is 0 Å². The SMILES string of the molecule is Cc1c(O)cccc1OC(=O)NC1CNC1. The van der Waals surface area contributed by atoms with Crippen molar-refractivity contribution < 1.29 is 14.6 Å². The minimum absolute atomic E-state index is 0.121. The molecule has 1 aromatic rings. The van der Waals surface area contributed by atoms with Crippen molar-refractivity contribution in [1.29, 1.82) is 0 Å². The third-order valence-electron chi connectivity index (χ3n) is 2.56. The van der Waals surface area contributed by atoms with Gasteiger partial charge in [0.1, 0.15) is 11.5 Å². The van der Waals surface area contributed by atoms with Crippen LogP contribution in [0, 0.1) is 6.92 Å². The van der Waals surface area contributed by atoms with Crippen molar-refractivity contribution >= 4 is 6.09 Å². The Labute approximate surface area is 93.4 Å². The summed E-state index contributed by atoms with van der Waals surface area (Å²) in [7, 11) is 0. The zero-order chi connectivity index (χ0) is 11.5. The Morgan fingerprint density at radius 1 is 1.56 bits per heavy atom. The number of aromatic hydroxyl groups is 1. The summed E-state index contributed by atoms with van der Waals surface area (Å²) >= 11 is 0. The van der Waals surface area contributed by atoms with Crippen LogP contribution in [0.4, 0.5) is 4.79 Å². The summed E-state index contributed by atoms with van der Waals surface area (Å²) in [6, 6.07) is 4.98. The lowest BCUT2D eigenvalue weighted by Crippen LogP contribution is -2.57. The Kier molecular flexibility index (Phi) is 2.96. The zero-order valence-corrected chi connectivity index (χ0v) is 8.99. The molecule has 5 nitrogen and oxygen atoms in total. The van der Waals surface area contributed by atoms with Gasteiger partial charge in [-0.1, -0.05) is 6.07 Å². The number of carbonyl (C=O) groups excluding carboxylic acids is 1. The Bertz CT molecular complexity index is 402. The smallest absolute Gasteiger partial charge is 0.412 e. The highest BCUT2D eigenvalue weighted by Gasteiger charge is 2.20. The van der Waals surface area contributed by atoms with Crippen LogP contribution in [-0.4, -0.2) is 30.3 Å². The summed E-state index contributed by atoms with van der Waals surface area (Å²) in [5, 5.41) is 15.2. The largest absolute Gasteiger partial charge is 0.508 e. The summed E-state index contributed by atoms with van der Waals surface area (Å²) in [5.41, 5.74) is 0.560. The van der Waals surface area contributed by atoms with E-state index in [1.54, 1.807) is 25.1 Å². The van der Waals surface area contributed by atoms with E-state index in [1.807, 2.05) is 0 Å². The van der Waals surface area contributed by atoms with Gasteiger partial charge in [0.25, 0.3) is 0 Å². The van der Waals surface area contributed by atoms with E-state index in [4.69, 9.17) is 4.74 Å². The maximum Gasteiger partial charge on any atom is 0.412 e. The summed E-state index contributed by atoms with van der Waals surface area (Å²) in [4.78, 5) is 11.4. The van der Waals surface area contributed by atoms with Gasteiger partial charge < -0.3 is 20.5 Å². The number of phenolic OH excluding ortho intramolecular Hbond substituents is 1. The number of benzene rings is 1. The number of rotatable bonds is 2. The van der Waals surface area contributed by atoms with Crippen molar-refractivity contribution in [3.63, 3.8) is 0 Å². The van der Waals surface area contributed by atoms with Crippen LogP contribution in [0.5, 0.6) is 11.5 Å². The van der Waals surface area contributed by atoms with Gasteiger partial charge in [0.2, 0.25) is 0 Å². The fourth-order valence-electron chi connectivity index (χ4n) is 1.40. The van der Waals surface area contributed by atoms with Gasteiger partial charge in [-0.3, -0.25) is 0 Å². The van der Waals surface area contributed by atoms with Gasteiger partial charge in [0.05, 0.1) is 6.04 Å². The van der Waals surface area contributed by atoms with Gasteiger partial charge >= 0.3 is 6.09 Å². The van der Waals surface area contributed by atoms with Crippen LogP contribution >= 0.6 is 0 Å². The highest BCUT2D eigenvalue weighted by molar-refractivity contribution is 5.71. The molecular weight excluding hydrogens is 208 g/mol. The van der Waals surface area contributed by atoms with E-state index in [-0.39, 0.29) is 11.8 Å². The zero-order valence-electron chi connectivity index (χ0n) is 8.99. The molecule has 1 amide bonds. The normalized spacial score (nSPS) is 15.3. The van der Waals surface area contributed by atoms with E-state index in [9.17, 15) is 9.90 Å². The standard InChI is InChI=1S/C11H14N2O3/c1-7-9(14)3-2-4-10(7)16-11(15)13-8-5-12-6-8/h2-4,8,12,14H,5-6H2,1H3,(H,13,15). The molecule has 0 aliphatic carbocycles. The molecule has 0 aromatic heterocycles. The van der Waals surface area contributed by atoms with Crippen LogP contribution in [0.3, 0.4) is 0 Å². The Morgan fingerprint density at radius 3 is 2.94 bits per heavy atom. The van der Waals surface area contributed by atoms with Crippen molar-refractivity contribution in [3.8, 4) is 11.5 Å². The molecule has 1 fully saturated rings. The van der Waals surface area contributed by atoms with E-state index in [0.29, 0.717) is 11.3 Å². The number of amides is 1. The summed E-state index contributed by atoms with van der Waals surface area (Å²) in [5.74, 6) is 0.500. The second-order valence-electron chi connectivity index (χ2n) is 3.79. The summed E-state index contributed by atoms with van der Waals surface area (Å²) < 4.78 is 5.09. The minimum atomic E-state index is -0.486. The van der Waals surface area contributed by atoms with Crippen molar-refractivity contribution in [2.24, 2.45) is 0 Å². The molecule has 0 atom stereocenters. The van der Waals surface area contributed by atoms with Crippen LogP contribution in [0.25, 0.3) is 0 Å². The monoisotopic (exact) mass is 222 g/mol. The molecule has 1 aliphatic rings. The number of phenols is 1. The molecule has 1 aliphatic heterocycles. The van der Waals surface area contributed by atoms with Gasteiger partial charge in [0.15, 0.2) is 0 Å². The lowest BCUT2D eigenvalue weighted by atomic mass is 10.2. The first-order valence-corrected chi connectivity index (χ1v) is 5.14. The van der Waals surface area contributed by atoms with Gasteiger partial charge in [-0.05, 0) is 19.1 Å². The molecule has 0 saturated carbocycles. The van der Waals surface area contributed by atoms with E-state index in [1.165, 1.54) is 0 Å². The molecule has 0 radical (unpaired) electrons. The van der Waals surface area contributed by atoms with Gasteiger partial charge in [-0.2, -0.15) is 0 Å². The van der Waals surface area contributed by atoms with Gasteiger partial charge in [-0.15, -0.1) is 0 Å². The lowest BCUT2D eigenvalue weighted by Gasteiger charge is -2.27. The van der Waals surface area contributed by atoms with Crippen molar-refractivity contribution in [2.75, 3.05) is 13.1 Å². The van der Waals surface area contributed by atoms with Gasteiger partial charge in [-0.25, -0.2) is 4.79 Å². The molecule has 0 spiro atoms. The van der Waals surface area contributed by atoms with Crippen LogP contribution < -0.4 is 15.4 Å². The number of hydrogen-bond acceptors (Lipinski definition) is 4. The highest BCUT2D eigenvalue weighted by atomic mass is 16.6. The molecule has 1 saturated heterocycles. The number of ether oxygens (including phenoxy) is 1. The van der Waals surface area contributed by atoms with E-state index < -0.39 is 6.09 Å². The molecule has 86 valence electrons. The number of carbonyl (C=O) groups is 1. The first-order valence-electron chi connectivity index (χ1n) is 5.14.